The Labute approximate surface area is 199 Å². The molecule has 1 fully saturated rings. The first-order chi connectivity index (χ1) is 16.1. The number of aryl methyl sites for hydroxylation is 2. The van der Waals surface area contributed by atoms with Crippen LogP contribution >= 0.6 is 11.6 Å². The molecular formula is C27H27ClN4O. The van der Waals surface area contributed by atoms with E-state index in [1.807, 2.05) is 30.3 Å². The highest BCUT2D eigenvalue weighted by Gasteiger charge is 2.31. The number of halogens is 1. The number of nitrogens with zero attached hydrogens (tertiary/aromatic N) is 4. The summed E-state index contributed by atoms with van der Waals surface area (Å²) in [4.78, 5) is 4.92. The van der Waals surface area contributed by atoms with E-state index in [0.717, 1.165) is 37.3 Å². The molecule has 3 aromatic carbocycles. The largest absolute Gasteiger partial charge is 0.419 e. The van der Waals surface area contributed by atoms with Crippen LogP contribution < -0.4 is 4.90 Å². The van der Waals surface area contributed by atoms with Gasteiger partial charge >= 0.3 is 0 Å². The molecule has 1 saturated heterocycles. The summed E-state index contributed by atoms with van der Waals surface area (Å²) in [6.07, 6.45) is 0. The SMILES string of the molecule is Cc1ccc(C)c(N2CCN([C@H](c3ccccc3)c3nnc(-c4ccc(Cl)cc4)o3)CC2)c1. The lowest BCUT2D eigenvalue weighted by atomic mass is 10.0. The lowest BCUT2D eigenvalue weighted by Crippen LogP contribution is -2.48. The molecule has 6 heteroatoms. The molecule has 0 aliphatic carbocycles. The second-order valence-corrected chi connectivity index (χ2v) is 9.01. The molecular weight excluding hydrogens is 432 g/mol. The van der Waals surface area contributed by atoms with E-state index in [0.29, 0.717) is 16.8 Å². The van der Waals surface area contributed by atoms with Gasteiger partial charge in [0.1, 0.15) is 6.04 Å². The third-order valence-corrected chi connectivity index (χ3v) is 6.52. The van der Waals surface area contributed by atoms with Crippen LogP contribution in [0.15, 0.2) is 77.2 Å². The molecule has 1 atom stereocenters. The van der Waals surface area contributed by atoms with Crippen molar-refractivity contribution in [2.75, 3.05) is 31.1 Å². The van der Waals surface area contributed by atoms with Crippen LogP contribution in [-0.2, 0) is 0 Å². The molecule has 33 heavy (non-hydrogen) atoms. The van der Waals surface area contributed by atoms with E-state index in [-0.39, 0.29) is 6.04 Å². The zero-order chi connectivity index (χ0) is 22.8. The fourth-order valence-electron chi connectivity index (χ4n) is 4.48. The summed E-state index contributed by atoms with van der Waals surface area (Å²) in [5.74, 6) is 1.13. The minimum Gasteiger partial charge on any atom is -0.419 e. The highest BCUT2D eigenvalue weighted by atomic mass is 35.5. The van der Waals surface area contributed by atoms with Crippen molar-refractivity contribution < 1.29 is 4.42 Å². The number of benzene rings is 3. The molecule has 2 heterocycles. The molecule has 0 radical (unpaired) electrons. The van der Waals surface area contributed by atoms with Crippen LogP contribution in [0.1, 0.15) is 28.6 Å². The van der Waals surface area contributed by atoms with Crippen LogP contribution in [0.3, 0.4) is 0 Å². The van der Waals surface area contributed by atoms with E-state index in [1.165, 1.54) is 16.8 Å². The van der Waals surface area contributed by atoms with Gasteiger partial charge in [0.25, 0.3) is 0 Å². The summed E-state index contributed by atoms with van der Waals surface area (Å²) in [6, 6.07) is 24.5. The van der Waals surface area contributed by atoms with Gasteiger partial charge in [0.05, 0.1) is 0 Å². The van der Waals surface area contributed by atoms with Gasteiger partial charge in [0.15, 0.2) is 0 Å². The maximum atomic E-state index is 6.21. The zero-order valence-electron chi connectivity index (χ0n) is 18.9. The molecule has 0 unspecified atom stereocenters. The van der Waals surface area contributed by atoms with Gasteiger partial charge in [-0.2, -0.15) is 0 Å². The molecule has 0 bridgehead atoms. The maximum Gasteiger partial charge on any atom is 0.247 e. The Bertz CT molecular complexity index is 1210. The predicted octanol–water partition coefficient (Wildman–Crippen LogP) is 5.92. The smallest absolute Gasteiger partial charge is 0.247 e. The first-order valence-corrected chi connectivity index (χ1v) is 11.7. The fourth-order valence-corrected chi connectivity index (χ4v) is 4.61. The van der Waals surface area contributed by atoms with Gasteiger partial charge in [-0.25, -0.2) is 0 Å². The van der Waals surface area contributed by atoms with E-state index in [4.69, 9.17) is 16.0 Å². The first kappa shape index (κ1) is 21.7. The summed E-state index contributed by atoms with van der Waals surface area (Å²) >= 11 is 6.03. The van der Waals surface area contributed by atoms with Crippen molar-refractivity contribution in [1.82, 2.24) is 15.1 Å². The third-order valence-electron chi connectivity index (χ3n) is 6.27. The van der Waals surface area contributed by atoms with Crippen molar-refractivity contribution in [1.29, 1.82) is 0 Å². The average molecular weight is 459 g/mol. The van der Waals surface area contributed by atoms with Crippen molar-refractivity contribution in [3.63, 3.8) is 0 Å². The quantitative estimate of drug-likeness (QED) is 0.371. The van der Waals surface area contributed by atoms with Crippen LogP contribution in [0.4, 0.5) is 5.69 Å². The van der Waals surface area contributed by atoms with E-state index >= 15 is 0 Å². The van der Waals surface area contributed by atoms with Crippen LogP contribution in [0, 0.1) is 13.8 Å². The van der Waals surface area contributed by atoms with Crippen molar-refractivity contribution >= 4 is 17.3 Å². The van der Waals surface area contributed by atoms with Crippen molar-refractivity contribution in [2.45, 2.75) is 19.9 Å². The monoisotopic (exact) mass is 458 g/mol. The van der Waals surface area contributed by atoms with Gasteiger partial charge in [0.2, 0.25) is 11.8 Å². The molecule has 0 saturated carbocycles. The molecule has 1 aliphatic heterocycles. The molecule has 168 valence electrons. The number of rotatable bonds is 5. The number of hydrogen-bond acceptors (Lipinski definition) is 5. The molecule has 0 spiro atoms. The van der Waals surface area contributed by atoms with Gasteiger partial charge in [-0.3, -0.25) is 4.90 Å². The average Bonchev–Trinajstić information content (AvgIpc) is 3.32. The molecule has 4 aromatic rings. The van der Waals surface area contributed by atoms with Crippen molar-refractivity contribution in [3.8, 4) is 11.5 Å². The summed E-state index contributed by atoms with van der Waals surface area (Å²) in [5.41, 5.74) is 5.96. The number of aromatic nitrogens is 2. The van der Waals surface area contributed by atoms with Crippen LogP contribution in [-0.4, -0.2) is 41.3 Å². The number of piperazine rings is 1. The molecule has 5 rings (SSSR count). The van der Waals surface area contributed by atoms with Crippen molar-refractivity contribution in [3.05, 3.63) is 100 Å². The second-order valence-electron chi connectivity index (χ2n) is 8.58. The van der Waals surface area contributed by atoms with Crippen molar-refractivity contribution in [2.24, 2.45) is 0 Å². The third kappa shape index (κ3) is 4.65. The topological polar surface area (TPSA) is 45.4 Å². The number of anilines is 1. The minimum atomic E-state index is -0.0829. The highest BCUT2D eigenvalue weighted by Crippen LogP contribution is 2.32. The van der Waals surface area contributed by atoms with Gasteiger partial charge < -0.3 is 9.32 Å². The summed E-state index contributed by atoms with van der Waals surface area (Å²) in [7, 11) is 0. The molecule has 1 aromatic heterocycles. The fraction of sp³-hybridized carbons (Fsp3) is 0.259. The van der Waals surface area contributed by atoms with Crippen LogP contribution in [0.2, 0.25) is 5.02 Å². The van der Waals surface area contributed by atoms with Gasteiger partial charge in [-0.05, 0) is 60.9 Å². The van der Waals surface area contributed by atoms with Crippen LogP contribution in [0.25, 0.3) is 11.5 Å². The van der Waals surface area contributed by atoms with Gasteiger partial charge in [-0.15, -0.1) is 10.2 Å². The second kappa shape index (κ2) is 9.38. The van der Waals surface area contributed by atoms with E-state index < -0.39 is 0 Å². The maximum absolute atomic E-state index is 6.21. The molecule has 0 amide bonds. The predicted molar refractivity (Wildman–Crippen MR) is 133 cm³/mol. The lowest BCUT2D eigenvalue weighted by Gasteiger charge is -2.39. The zero-order valence-corrected chi connectivity index (χ0v) is 19.7. The van der Waals surface area contributed by atoms with E-state index in [2.05, 4.69) is 76.3 Å². The minimum absolute atomic E-state index is 0.0829. The Balaban J connectivity index is 1.41. The Morgan fingerprint density at radius 1 is 0.848 bits per heavy atom. The first-order valence-electron chi connectivity index (χ1n) is 11.3. The number of hydrogen-bond donors (Lipinski definition) is 0. The molecule has 5 nitrogen and oxygen atoms in total. The lowest BCUT2D eigenvalue weighted by molar-refractivity contribution is 0.188. The Morgan fingerprint density at radius 2 is 1.58 bits per heavy atom. The summed E-state index contributed by atoms with van der Waals surface area (Å²) in [5, 5.41) is 9.49. The Kier molecular flexibility index (Phi) is 6.16. The van der Waals surface area contributed by atoms with Gasteiger partial charge in [0, 0.05) is 42.5 Å². The highest BCUT2D eigenvalue weighted by molar-refractivity contribution is 6.30. The molecule has 1 aliphatic rings. The summed E-state index contributed by atoms with van der Waals surface area (Å²) in [6.45, 7) is 8.05. The Morgan fingerprint density at radius 3 is 2.30 bits per heavy atom. The van der Waals surface area contributed by atoms with Crippen LogP contribution in [0.5, 0.6) is 0 Å². The Hall–Kier alpha value is -3.15. The summed E-state index contributed by atoms with van der Waals surface area (Å²) < 4.78 is 6.21. The van der Waals surface area contributed by atoms with Gasteiger partial charge in [-0.1, -0.05) is 54.1 Å². The van der Waals surface area contributed by atoms with E-state index in [9.17, 15) is 0 Å². The standard InChI is InChI=1S/C27H27ClN4O/c1-19-8-9-20(2)24(18-19)31-14-16-32(17-15-31)25(21-6-4-3-5-7-21)27-30-29-26(33-27)22-10-12-23(28)13-11-22/h3-13,18,25H,14-17H2,1-2H3/t25-/m1/s1. The van der Waals surface area contributed by atoms with E-state index in [1.54, 1.807) is 0 Å². The molecule has 0 N–H and O–H groups in total. The normalized spacial score (nSPS) is 15.5.